The van der Waals surface area contributed by atoms with E-state index < -0.39 is 0 Å². The number of nitrogen functional groups attached to an aromatic ring is 1. The Morgan fingerprint density at radius 2 is 2.14 bits per heavy atom. The molecule has 0 saturated heterocycles. The Morgan fingerprint density at radius 3 is 2.64 bits per heavy atom. The molecular weight excluding hydrogens is 176 g/mol. The molecule has 0 spiro atoms. The summed E-state index contributed by atoms with van der Waals surface area (Å²) in [6, 6.07) is 2.41. The Bertz CT molecular complexity index is 291. The minimum Gasteiger partial charge on any atom is -0.368 e. The summed E-state index contributed by atoms with van der Waals surface area (Å²) in [5.74, 6) is 1.24. The van der Waals surface area contributed by atoms with Crippen molar-refractivity contribution in [3.63, 3.8) is 0 Å². The summed E-state index contributed by atoms with van der Waals surface area (Å²) in [6.45, 7) is 6.23. The number of aryl methyl sites for hydroxylation is 1. The lowest BCUT2D eigenvalue weighted by molar-refractivity contribution is 0.656. The molecular formula is C10H18N4. The zero-order valence-corrected chi connectivity index (χ0v) is 9.28. The van der Waals surface area contributed by atoms with E-state index in [1.165, 1.54) is 0 Å². The molecule has 0 fully saturated rings. The molecule has 0 aliphatic carbocycles. The van der Waals surface area contributed by atoms with Crippen LogP contribution in [0.5, 0.6) is 0 Å². The zero-order valence-electron chi connectivity index (χ0n) is 9.28. The highest BCUT2D eigenvalue weighted by atomic mass is 15.2. The molecule has 14 heavy (non-hydrogen) atoms. The molecule has 1 aromatic rings. The first-order valence-electron chi connectivity index (χ1n) is 4.88. The molecule has 1 aromatic heterocycles. The summed E-state index contributed by atoms with van der Waals surface area (Å²) >= 11 is 0. The summed E-state index contributed by atoms with van der Waals surface area (Å²) in [5, 5.41) is 0. The van der Waals surface area contributed by atoms with Crippen molar-refractivity contribution in [3.05, 3.63) is 11.8 Å². The van der Waals surface area contributed by atoms with E-state index in [-0.39, 0.29) is 0 Å². The van der Waals surface area contributed by atoms with Gasteiger partial charge in [0.2, 0.25) is 5.95 Å². The van der Waals surface area contributed by atoms with Crippen molar-refractivity contribution in [3.8, 4) is 0 Å². The minimum absolute atomic E-state index is 0.343. The van der Waals surface area contributed by atoms with Gasteiger partial charge in [-0.2, -0.15) is 4.98 Å². The highest BCUT2D eigenvalue weighted by molar-refractivity contribution is 5.43. The number of aromatic nitrogens is 2. The molecule has 0 aromatic carbocycles. The van der Waals surface area contributed by atoms with Crippen LogP contribution in [0.15, 0.2) is 6.07 Å². The van der Waals surface area contributed by atoms with E-state index in [4.69, 9.17) is 5.73 Å². The van der Waals surface area contributed by atoms with Crippen LogP contribution in [0.3, 0.4) is 0 Å². The van der Waals surface area contributed by atoms with Gasteiger partial charge in [-0.15, -0.1) is 0 Å². The fourth-order valence-corrected chi connectivity index (χ4v) is 1.25. The molecule has 1 unspecified atom stereocenters. The fraction of sp³-hybridized carbons (Fsp3) is 0.600. The highest BCUT2D eigenvalue weighted by Crippen LogP contribution is 2.15. The number of rotatable bonds is 3. The van der Waals surface area contributed by atoms with Crippen LogP contribution in [0.4, 0.5) is 11.8 Å². The molecule has 0 saturated carbocycles. The van der Waals surface area contributed by atoms with E-state index in [2.05, 4.69) is 28.7 Å². The Morgan fingerprint density at radius 1 is 1.50 bits per heavy atom. The first-order chi connectivity index (χ1) is 6.54. The van der Waals surface area contributed by atoms with Gasteiger partial charge in [0.15, 0.2) is 0 Å². The summed E-state index contributed by atoms with van der Waals surface area (Å²) < 4.78 is 0. The lowest BCUT2D eigenvalue weighted by atomic mass is 10.2. The van der Waals surface area contributed by atoms with Crippen LogP contribution in [0.2, 0.25) is 0 Å². The van der Waals surface area contributed by atoms with Crippen molar-refractivity contribution in [2.45, 2.75) is 33.2 Å². The number of nitrogens with zero attached hydrogens (tertiary/aromatic N) is 3. The molecule has 0 amide bonds. The SMILES string of the molecule is CCC(C)N(C)c1cc(C)nc(N)n1. The first-order valence-corrected chi connectivity index (χ1v) is 4.88. The lowest BCUT2D eigenvalue weighted by Gasteiger charge is -2.25. The smallest absolute Gasteiger partial charge is 0.222 e. The largest absolute Gasteiger partial charge is 0.368 e. The summed E-state index contributed by atoms with van der Waals surface area (Å²) in [4.78, 5) is 10.4. The zero-order chi connectivity index (χ0) is 10.7. The monoisotopic (exact) mass is 194 g/mol. The number of hydrogen-bond donors (Lipinski definition) is 1. The van der Waals surface area contributed by atoms with Gasteiger partial charge in [0.1, 0.15) is 5.82 Å². The van der Waals surface area contributed by atoms with Gasteiger partial charge < -0.3 is 10.6 Å². The number of hydrogen-bond acceptors (Lipinski definition) is 4. The average Bonchev–Trinajstić information content (AvgIpc) is 2.14. The third-order valence-corrected chi connectivity index (χ3v) is 2.47. The third-order valence-electron chi connectivity index (χ3n) is 2.47. The molecule has 0 bridgehead atoms. The van der Waals surface area contributed by atoms with E-state index in [0.29, 0.717) is 12.0 Å². The fourth-order valence-electron chi connectivity index (χ4n) is 1.25. The van der Waals surface area contributed by atoms with Crippen molar-refractivity contribution in [1.82, 2.24) is 9.97 Å². The quantitative estimate of drug-likeness (QED) is 0.794. The Balaban J connectivity index is 2.94. The molecule has 1 rings (SSSR count). The van der Waals surface area contributed by atoms with Gasteiger partial charge in [0.25, 0.3) is 0 Å². The first kappa shape index (κ1) is 10.8. The molecule has 1 atom stereocenters. The van der Waals surface area contributed by atoms with Gasteiger partial charge in [-0.3, -0.25) is 0 Å². The Hall–Kier alpha value is -1.32. The molecule has 1 heterocycles. The van der Waals surface area contributed by atoms with Gasteiger partial charge in [-0.25, -0.2) is 4.98 Å². The predicted molar refractivity (Wildman–Crippen MR) is 59.3 cm³/mol. The van der Waals surface area contributed by atoms with Crippen molar-refractivity contribution >= 4 is 11.8 Å². The molecule has 78 valence electrons. The second-order valence-corrected chi connectivity index (χ2v) is 3.59. The number of nitrogens with two attached hydrogens (primary N) is 1. The average molecular weight is 194 g/mol. The van der Waals surface area contributed by atoms with Crippen molar-refractivity contribution in [1.29, 1.82) is 0 Å². The van der Waals surface area contributed by atoms with Crippen LogP contribution < -0.4 is 10.6 Å². The summed E-state index contributed by atoms with van der Waals surface area (Å²) in [7, 11) is 2.02. The molecule has 0 aliphatic rings. The molecule has 2 N–H and O–H groups in total. The van der Waals surface area contributed by atoms with Crippen LogP contribution in [-0.2, 0) is 0 Å². The maximum Gasteiger partial charge on any atom is 0.222 e. The third kappa shape index (κ3) is 2.34. The second-order valence-electron chi connectivity index (χ2n) is 3.59. The topological polar surface area (TPSA) is 55.0 Å². The van der Waals surface area contributed by atoms with Crippen LogP contribution >= 0.6 is 0 Å². The molecule has 4 nitrogen and oxygen atoms in total. The van der Waals surface area contributed by atoms with Crippen LogP contribution in [0, 0.1) is 6.92 Å². The standard InChI is InChI=1S/C10H18N4/c1-5-8(3)14(4)9-6-7(2)12-10(11)13-9/h6,8H,5H2,1-4H3,(H2,11,12,13). The maximum absolute atomic E-state index is 5.59. The van der Waals surface area contributed by atoms with E-state index in [9.17, 15) is 0 Å². The highest BCUT2D eigenvalue weighted by Gasteiger charge is 2.10. The molecule has 4 heteroatoms. The second kappa shape index (κ2) is 4.26. The maximum atomic E-state index is 5.59. The molecule has 0 radical (unpaired) electrons. The van der Waals surface area contributed by atoms with Gasteiger partial charge in [-0.1, -0.05) is 6.92 Å². The van der Waals surface area contributed by atoms with Crippen LogP contribution in [0.1, 0.15) is 26.0 Å². The molecule has 0 aliphatic heterocycles. The summed E-state index contributed by atoms with van der Waals surface area (Å²) in [5.41, 5.74) is 6.50. The number of anilines is 2. The Labute approximate surface area is 85.2 Å². The van der Waals surface area contributed by atoms with Gasteiger partial charge in [0.05, 0.1) is 0 Å². The normalized spacial score (nSPS) is 12.6. The van der Waals surface area contributed by atoms with Gasteiger partial charge in [0, 0.05) is 24.8 Å². The Kier molecular flexibility index (Phi) is 3.28. The predicted octanol–water partition coefficient (Wildman–Crippen LogP) is 1.60. The van der Waals surface area contributed by atoms with E-state index in [0.717, 1.165) is 17.9 Å². The van der Waals surface area contributed by atoms with E-state index in [1.807, 2.05) is 20.0 Å². The lowest BCUT2D eigenvalue weighted by Crippen LogP contribution is -2.29. The van der Waals surface area contributed by atoms with Gasteiger partial charge in [-0.05, 0) is 20.3 Å². The van der Waals surface area contributed by atoms with Gasteiger partial charge >= 0.3 is 0 Å². The van der Waals surface area contributed by atoms with E-state index >= 15 is 0 Å². The minimum atomic E-state index is 0.343. The van der Waals surface area contributed by atoms with Crippen molar-refractivity contribution in [2.24, 2.45) is 0 Å². The van der Waals surface area contributed by atoms with Crippen molar-refractivity contribution in [2.75, 3.05) is 17.7 Å². The van der Waals surface area contributed by atoms with Crippen LogP contribution in [0.25, 0.3) is 0 Å². The van der Waals surface area contributed by atoms with Crippen molar-refractivity contribution < 1.29 is 0 Å². The van der Waals surface area contributed by atoms with Crippen LogP contribution in [-0.4, -0.2) is 23.1 Å². The summed E-state index contributed by atoms with van der Waals surface area (Å²) in [6.07, 6.45) is 1.08. The van der Waals surface area contributed by atoms with E-state index in [1.54, 1.807) is 0 Å².